The fourth-order valence-electron chi connectivity index (χ4n) is 4.20. The van der Waals surface area contributed by atoms with Crippen molar-refractivity contribution in [2.75, 3.05) is 0 Å². The highest BCUT2D eigenvalue weighted by Gasteiger charge is 2.50. The fraction of sp³-hybridized carbons (Fsp3) is 0.619. The Morgan fingerprint density at radius 3 is 2.63 bits per heavy atom. The lowest BCUT2D eigenvalue weighted by Crippen LogP contribution is -2.51. The molecule has 1 aromatic heterocycles. The van der Waals surface area contributed by atoms with Crippen molar-refractivity contribution in [1.29, 1.82) is 0 Å². The lowest BCUT2D eigenvalue weighted by molar-refractivity contribution is -0.141. The molecule has 0 bridgehead atoms. The van der Waals surface area contributed by atoms with E-state index in [1.165, 1.54) is 0 Å². The molecule has 0 spiro atoms. The van der Waals surface area contributed by atoms with Crippen LogP contribution in [0.4, 0.5) is 0 Å². The molecule has 1 aliphatic rings. The highest BCUT2D eigenvalue weighted by molar-refractivity contribution is 5.81. The van der Waals surface area contributed by atoms with Crippen molar-refractivity contribution in [3.63, 3.8) is 0 Å². The van der Waals surface area contributed by atoms with E-state index in [4.69, 9.17) is 0 Å². The summed E-state index contributed by atoms with van der Waals surface area (Å²) in [7, 11) is 0. The zero-order valence-corrected chi connectivity index (χ0v) is 16.9. The quantitative estimate of drug-likeness (QED) is 0.812. The number of hydrogen-bond acceptors (Lipinski definition) is 4. The van der Waals surface area contributed by atoms with Gasteiger partial charge in [-0.3, -0.25) is 9.59 Å². The number of ketones is 1. The summed E-state index contributed by atoms with van der Waals surface area (Å²) in [5.41, 5.74) is 1.73. The second-order valence-electron chi connectivity index (χ2n) is 8.80. The van der Waals surface area contributed by atoms with Gasteiger partial charge in [0.2, 0.25) is 5.91 Å². The summed E-state index contributed by atoms with van der Waals surface area (Å²) in [5.74, 6) is 0.897. The zero-order chi connectivity index (χ0) is 19.8. The third-order valence-electron chi connectivity index (χ3n) is 6.33. The van der Waals surface area contributed by atoms with Gasteiger partial charge in [0.05, 0.1) is 18.1 Å². The molecule has 1 aromatic carbocycles. The molecule has 0 radical (unpaired) electrons. The van der Waals surface area contributed by atoms with Gasteiger partial charge in [-0.25, -0.2) is 4.68 Å². The highest BCUT2D eigenvalue weighted by Crippen LogP contribution is 2.53. The van der Waals surface area contributed by atoms with E-state index in [-0.39, 0.29) is 40.9 Å². The van der Waals surface area contributed by atoms with Gasteiger partial charge < -0.3 is 5.32 Å². The smallest absolute Gasteiger partial charge is 0.220 e. The minimum atomic E-state index is -0.0986. The number of hydrogen-bond donors (Lipinski definition) is 1. The number of nitrogens with one attached hydrogen (secondary N) is 1. The molecule has 146 valence electrons. The topological polar surface area (TPSA) is 76.9 Å². The van der Waals surface area contributed by atoms with Gasteiger partial charge in [0.15, 0.2) is 0 Å². The van der Waals surface area contributed by atoms with Gasteiger partial charge in [-0.1, -0.05) is 45.0 Å². The standard InChI is InChI=1S/C21H30N4O2/c1-13(2)18(12-25-19-9-7-6-8-17(19)23-24-25)22-20(27)11-15-10-16(14(3)26)21(15,4)5/h6-9,13,15-16,18H,10-12H2,1-5H3,(H,22,27)/t15-,16+,18-/m0/s1. The Labute approximate surface area is 160 Å². The number of rotatable bonds is 7. The third-order valence-corrected chi connectivity index (χ3v) is 6.33. The minimum absolute atomic E-state index is 0.0191. The molecular weight excluding hydrogens is 340 g/mol. The van der Waals surface area contributed by atoms with E-state index in [0.29, 0.717) is 13.0 Å². The average molecular weight is 370 g/mol. The van der Waals surface area contributed by atoms with Crippen molar-refractivity contribution in [3.05, 3.63) is 24.3 Å². The SMILES string of the molecule is CC(=O)[C@H]1C[C@@H](CC(=O)N[C@@H](Cn2nnc3ccccc32)C(C)C)C1(C)C. The van der Waals surface area contributed by atoms with Crippen LogP contribution in [0.3, 0.4) is 0 Å². The molecule has 0 aliphatic heterocycles. The van der Waals surface area contributed by atoms with Crippen molar-refractivity contribution in [2.45, 2.75) is 60.0 Å². The Hall–Kier alpha value is -2.24. The largest absolute Gasteiger partial charge is 0.351 e. The Balaban J connectivity index is 1.63. The van der Waals surface area contributed by atoms with Crippen LogP contribution in [-0.4, -0.2) is 32.7 Å². The molecule has 1 aliphatic carbocycles. The second kappa shape index (κ2) is 7.41. The monoisotopic (exact) mass is 370 g/mol. The zero-order valence-electron chi connectivity index (χ0n) is 16.9. The number of carbonyl (C=O) groups excluding carboxylic acids is 2. The van der Waals surface area contributed by atoms with Crippen LogP contribution in [0.5, 0.6) is 0 Å². The van der Waals surface area contributed by atoms with Crippen molar-refractivity contribution in [2.24, 2.45) is 23.2 Å². The summed E-state index contributed by atoms with van der Waals surface area (Å²) >= 11 is 0. The molecule has 1 N–H and O–H groups in total. The lowest BCUT2D eigenvalue weighted by atomic mass is 9.52. The predicted molar refractivity (Wildman–Crippen MR) is 105 cm³/mol. The average Bonchev–Trinajstić information content (AvgIpc) is 3.00. The first kappa shape index (κ1) is 19.5. The molecule has 1 heterocycles. The van der Waals surface area contributed by atoms with E-state index >= 15 is 0 Å². The fourth-order valence-corrected chi connectivity index (χ4v) is 4.20. The normalized spacial score (nSPS) is 22.4. The first-order chi connectivity index (χ1) is 12.7. The summed E-state index contributed by atoms with van der Waals surface area (Å²) in [5, 5.41) is 11.6. The van der Waals surface area contributed by atoms with Gasteiger partial charge in [0.1, 0.15) is 11.3 Å². The first-order valence-electron chi connectivity index (χ1n) is 9.78. The molecule has 0 unspecified atom stereocenters. The van der Waals surface area contributed by atoms with Crippen LogP contribution in [0.15, 0.2) is 24.3 Å². The maximum atomic E-state index is 12.7. The van der Waals surface area contributed by atoms with Gasteiger partial charge in [-0.2, -0.15) is 0 Å². The van der Waals surface area contributed by atoms with Crippen LogP contribution in [-0.2, 0) is 16.1 Å². The molecule has 6 nitrogen and oxygen atoms in total. The van der Waals surface area contributed by atoms with Crippen molar-refractivity contribution >= 4 is 22.7 Å². The van der Waals surface area contributed by atoms with E-state index < -0.39 is 0 Å². The Morgan fingerprint density at radius 1 is 1.30 bits per heavy atom. The van der Waals surface area contributed by atoms with Crippen LogP contribution >= 0.6 is 0 Å². The number of aromatic nitrogens is 3. The molecule has 0 saturated heterocycles. The number of nitrogens with zero attached hydrogens (tertiary/aromatic N) is 3. The summed E-state index contributed by atoms with van der Waals surface area (Å²) < 4.78 is 1.86. The Morgan fingerprint density at radius 2 is 2.00 bits per heavy atom. The molecule has 27 heavy (non-hydrogen) atoms. The third kappa shape index (κ3) is 3.89. The Kier molecular flexibility index (Phi) is 5.36. The number of Topliss-reactive ketones (excluding diaryl/α,β-unsaturated/α-hetero) is 1. The molecule has 1 amide bonds. The first-order valence-corrected chi connectivity index (χ1v) is 9.78. The summed E-state index contributed by atoms with van der Waals surface area (Å²) in [6.07, 6.45) is 1.29. The highest BCUT2D eigenvalue weighted by atomic mass is 16.1. The molecular formula is C21H30N4O2. The van der Waals surface area contributed by atoms with Crippen molar-refractivity contribution < 1.29 is 9.59 Å². The van der Waals surface area contributed by atoms with Gasteiger partial charge in [-0.15, -0.1) is 5.10 Å². The van der Waals surface area contributed by atoms with Gasteiger partial charge in [0, 0.05) is 12.3 Å². The van der Waals surface area contributed by atoms with E-state index in [0.717, 1.165) is 17.5 Å². The number of fused-ring (bicyclic) bond motifs is 1. The van der Waals surface area contributed by atoms with E-state index in [1.54, 1.807) is 6.92 Å². The number of carbonyl (C=O) groups is 2. The van der Waals surface area contributed by atoms with Gasteiger partial charge >= 0.3 is 0 Å². The number of benzene rings is 1. The van der Waals surface area contributed by atoms with Crippen LogP contribution < -0.4 is 5.32 Å². The molecule has 1 fully saturated rings. The lowest BCUT2D eigenvalue weighted by Gasteiger charge is -2.51. The van der Waals surface area contributed by atoms with E-state index in [1.807, 2.05) is 28.9 Å². The van der Waals surface area contributed by atoms with Crippen LogP contribution in [0.2, 0.25) is 0 Å². The molecule has 1 saturated carbocycles. The molecule has 2 aromatic rings. The molecule has 3 atom stereocenters. The maximum Gasteiger partial charge on any atom is 0.220 e. The van der Waals surface area contributed by atoms with Crippen molar-refractivity contribution in [1.82, 2.24) is 20.3 Å². The maximum absolute atomic E-state index is 12.7. The Bertz CT molecular complexity index is 840. The predicted octanol–water partition coefficient (Wildman–Crippen LogP) is 3.21. The number of amides is 1. The van der Waals surface area contributed by atoms with Crippen LogP contribution in [0.1, 0.15) is 47.5 Å². The van der Waals surface area contributed by atoms with Gasteiger partial charge in [0.25, 0.3) is 0 Å². The summed E-state index contributed by atoms with van der Waals surface area (Å²) in [6.45, 7) is 10.6. The minimum Gasteiger partial charge on any atom is -0.351 e. The summed E-state index contributed by atoms with van der Waals surface area (Å²) in [6, 6.07) is 7.82. The number of para-hydroxylation sites is 1. The second-order valence-corrected chi connectivity index (χ2v) is 8.80. The molecule has 6 heteroatoms. The van der Waals surface area contributed by atoms with Gasteiger partial charge in [-0.05, 0) is 42.7 Å². The van der Waals surface area contributed by atoms with E-state index in [2.05, 4.69) is 43.3 Å². The van der Waals surface area contributed by atoms with E-state index in [9.17, 15) is 9.59 Å². The van der Waals surface area contributed by atoms with Crippen LogP contribution in [0.25, 0.3) is 11.0 Å². The van der Waals surface area contributed by atoms with Crippen molar-refractivity contribution in [3.8, 4) is 0 Å². The van der Waals surface area contributed by atoms with Crippen LogP contribution in [0, 0.1) is 23.2 Å². The summed E-state index contributed by atoms with van der Waals surface area (Å²) in [4.78, 5) is 24.4. The molecule has 3 rings (SSSR count).